The molecular weight excluding hydrogens is 398 g/mol. The second-order valence-electron chi connectivity index (χ2n) is 8.17. The third-order valence-corrected chi connectivity index (χ3v) is 5.88. The quantitative estimate of drug-likeness (QED) is 0.452. The number of aromatic amines is 1. The molecule has 0 unspecified atom stereocenters. The maximum Gasteiger partial charge on any atom is 0.119 e. The van der Waals surface area contributed by atoms with Crippen LogP contribution in [-0.4, -0.2) is 51.3 Å². The van der Waals surface area contributed by atoms with Gasteiger partial charge in [0, 0.05) is 35.1 Å². The van der Waals surface area contributed by atoms with E-state index in [9.17, 15) is 0 Å². The van der Waals surface area contributed by atoms with Crippen LogP contribution < -0.4 is 4.74 Å². The van der Waals surface area contributed by atoms with Crippen molar-refractivity contribution in [3.63, 3.8) is 0 Å². The van der Waals surface area contributed by atoms with E-state index in [-0.39, 0.29) is 0 Å². The van der Waals surface area contributed by atoms with Crippen LogP contribution in [0.25, 0.3) is 33.8 Å². The van der Waals surface area contributed by atoms with Crippen molar-refractivity contribution in [2.24, 2.45) is 0 Å². The van der Waals surface area contributed by atoms with E-state index in [0.717, 1.165) is 58.4 Å². The Morgan fingerprint density at radius 3 is 2.62 bits per heavy atom. The molecule has 0 bridgehead atoms. The molecule has 5 rings (SSSR count). The number of H-pyrrole nitrogens is 1. The number of pyridine rings is 2. The second-order valence-corrected chi connectivity index (χ2v) is 8.17. The fraction of sp³-hybridized carbons (Fsp3) is 0.269. The Hall–Kier alpha value is -3.51. The Morgan fingerprint density at radius 2 is 1.81 bits per heavy atom. The fourth-order valence-corrected chi connectivity index (χ4v) is 4.16. The molecule has 0 saturated carbocycles. The van der Waals surface area contributed by atoms with Gasteiger partial charge < -0.3 is 4.74 Å². The molecule has 162 valence electrons. The molecule has 4 heterocycles. The van der Waals surface area contributed by atoms with Crippen LogP contribution >= 0.6 is 0 Å². The SMILES string of the molecule is Cc1cccc(-c2cn[nH]c2-c2ccnc(-c3ccc(OCCN4CCCC4)cc3)c2)n1. The van der Waals surface area contributed by atoms with Gasteiger partial charge in [-0.1, -0.05) is 6.07 Å². The highest BCUT2D eigenvalue weighted by atomic mass is 16.5. The van der Waals surface area contributed by atoms with Crippen molar-refractivity contribution < 1.29 is 4.74 Å². The summed E-state index contributed by atoms with van der Waals surface area (Å²) in [6, 6.07) is 18.3. The molecule has 1 N–H and O–H groups in total. The van der Waals surface area contributed by atoms with Crippen molar-refractivity contribution in [3.05, 3.63) is 72.7 Å². The molecule has 1 saturated heterocycles. The molecule has 32 heavy (non-hydrogen) atoms. The fourth-order valence-electron chi connectivity index (χ4n) is 4.16. The second kappa shape index (κ2) is 9.32. The van der Waals surface area contributed by atoms with Crippen LogP contribution in [0.5, 0.6) is 5.75 Å². The van der Waals surface area contributed by atoms with Crippen LogP contribution in [0.3, 0.4) is 0 Å². The van der Waals surface area contributed by atoms with Crippen LogP contribution in [0.1, 0.15) is 18.5 Å². The van der Waals surface area contributed by atoms with Crippen molar-refractivity contribution in [2.45, 2.75) is 19.8 Å². The highest BCUT2D eigenvalue weighted by Crippen LogP contribution is 2.31. The van der Waals surface area contributed by atoms with E-state index in [2.05, 4.69) is 43.3 Å². The summed E-state index contributed by atoms with van der Waals surface area (Å²) in [5, 5.41) is 7.40. The number of rotatable bonds is 7. The molecule has 0 radical (unpaired) electrons. The number of benzene rings is 1. The zero-order chi connectivity index (χ0) is 21.8. The van der Waals surface area contributed by atoms with E-state index >= 15 is 0 Å². The van der Waals surface area contributed by atoms with Gasteiger partial charge in [0.2, 0.25) is 0 Å². The maximum atomic E-state index is 5.93. The third kappa shape index (κ3) is 4.55. The zero-order valence-electron chi connectivity index (χ0n) is 18.3. The van der Waals surface area contributed by atoms with Gasteiger partial charge in [0.05, 0.1) is 23.3 Å². The lowest BCUT2D eigenvalue weighted by Crippen LogP contribution is -2.25. The summed E-state index contributed by atoms with van der Waals surface area (Å²) in [6.07, 6.45) is 6.27. The van der Waals surface area contributed by atoms with Crippen LogP contribution in [0.2, 0.25) is 0 Å². The van der Waals surface area contributed by atoms with Gasteiger partial charge in [0.15, 0.2) is 0 Å². The molecule has 1 aromatic carbocycles. The molecule has 0 atom stereocenters. The van der Waals surface area contributed by atoms with Gasteiger partial charge >= 0.3 is 0 Å². The monoisotopic (exact) mass is 425 g/mol. The van der Waals surface area contributed by atoms with Gasteiger partial charge in [-0.3, -0.25) is 20.0 Å². The van der Waals surface area contributed by atoms with Crippen LogP contribution in [0, 0.1) is 6.92 Å². The maximum absolute atomic E-state index is 5.93. The summed E-state index contributed by atoms with van der Waals surface area (Å²) in [5.74, 6) is 0.894. The van der Waals surface area contributed by atoms with Crippen molar-refractivity contribution in [2.75, 3.05) is 26.2 Å². The number of nitrogens with one attached hydrogen (secondary N) is 1. The van der Waals surface area contributed by atoms with E-state index in [4.69, 9.17) is 4.74 Å². The first-order valence-corrected chi connectivity index (χ1v) is 11.2. The summed E-state index contributed by atoms with van der Waals surface area (Å²) in [7, 11) is 0. The van der Waals surface area contributed by atoms with Gasteiger partial charge in [-0.2, -0.15) is 5.10 Å². The Morgan fingerprint density at radius 1 is 0.969 bits per heavy atom. The smallest absolute Gasteiger partial charge is 0.119 e. The zero-order valence-corrected chi connectivity index (χ0v) is 18.3. The summed E-state index contributed by atoms with van der Waals surface area (Å²) >= 11 is 0. The summed E-state index contributed by atoms with van der Waals surface area (Å²) in [6.45, 7) is 6.11. The van der Waals surface area contributed by atoms with Gasteiger partial charge in [0.25, 0.3) is 0 Å². The standard InChI is InChI=1S/C26H27N5O/c1-19-5-4-6-24(29-19)23-18-28-30-26(23)21-11-12-27-25(17-21)20-7-9-22(10-8-20)32-16-15-31-13-2-3-14-31/h4-12,17-18H,2-3,13-16H2,1H3,(H,28,30). The first-order valence-electron chi connectivity index (χ1n) is 11.2. The molecule has 0 spiro atoms. The molecule has 4 aromatic rings. The van der Waals surface area contributed by atoms with Gasteiger partial charge in [-0.15, -0.1) is 0 Å². The van der Waals surface area contributed by atoms with E-state index in [1.807, 2.05) is 55.7 Å². The first kappa shape index (κ1) is 20.4. The molecule has 6 nitrogen and oxygen atoms in total. The Bertz CT molecular complexity index is 1180. The summed E-state index contributed by atoms with van der Waals surface area (Å²) in [4.78, 5) is 11.7. The largest absolute Gasteiger partial charge is 0.492 e. The van der Waals surface area contributed by atoms with E-state index in [0.29, 0.717) is 0 Å². The first-order chi connectivity index (χ1) is 15.8. The molecular formula is C26H27N5O. The van der Waals surface area contributed by atoms with E-state index < -0.39 is 0 Å². The van der Waals surface area contributed by atoms with Crippen molar-refractivity contribution >= 4 is 0 Å². The molecule has 3 aromatic heterocycles. The number of aryl methyl sites for hydroxylation is 1. The lowest BCUT2D eigenvalue weighted by atomic mass is 10.0. The summed E-state index contributed by atoms with van der Waals surface area (Å²) < 4.78 is 5.93. The average molecular weight is 426 g/mol. The van der Waals surface area contributed by atoms with E-state index in [1.54, 1.807) is 0 Å². The summed E-state index contributed by atoms with van der Waals surface area (Å²) in [5.41, 5.74) is 6.78. The lowest BCUT2D eigenvalue weighted by molar-refractivity contribution is 0.238. The Balaban J connectivity index is 1.32. The van der Waals surface area contributed by atoms with Gasteiger partial charge in [0.1, 0.15) is 12.4 Å². The normalized spacial score (nSPS) is 14.0. The number of likely N-dealkylation sites (tertiary alicyclic amines) is 1. The van der Waals surface area contributed by atoms with Crippen molar-refractivity contribution in [1.82, 2.24) is 25.1 Å². The molecule has 1 fully saturated rings. The number of hydrogen-bond acceptors (Lipinski definition) is 5. The highest BCUT2D eigenvalue weighted by Gasteiger charge is 2.13. The van der Waals surface area contributed by atoms with Gasteiger partial charge in [-0.25, -0.2) is 0 Å². The molecule has 1 aliphatic rings. The molecule has 1 aliphatic heterocycles. The highest BCUT2D eigenvalue weighted by molar-refractivity contribution is 5.80. The number of nitrogens with zero attached hydrogens (tertiary/aromatic N) is 4. The Labute approximate surface area is 188 Å². The van der Waals surface area contributed by atoms with Crippen LogP contribution in [-0.2, 0) is 0 Å². The minimum absolute atomic E-state index is 0.725. The number of aromatic nitrogens is 4. The van der Waals surface area contributed by atoms with Gasteiger partial charge in [-0.05, 0) is 81.4 Å². The minimum atomic E-state index is 0.725. The molecule has 6 heteroatoms. The van der Waals surface area contributed by atoms with Crippen molar-refractivity contribution in [3.8, 4) is 39.5 Å². The lowest BCUT2D eigenvalue weighted by Gasteiger charge is -2.15. The predicted octanol–water partition coefficient (Wildman–Crippen LogP) is 4.98. The van der Waals surface area contributed by atoms with Crippen LogP contribution in [0.15, 0.2) is 67.0 Å². The number of hydrogen-bond donors (Lipinski definition) is 1. The number of ether oxygens (including phenoxy) is 1. The predicted molar refractivity (Wildman–Crippen MR) is 126 cm³/mol. The third-order valence-electron chi connectivity index (χ3n) is 5.88. The average Bonchev–Trinajstić information content (AvgIpc) is 3.52. The molecule has 0 aliphatic carbocycles. The van der Waals surface area contributed by atoms with Crippen molar-refractivity contribution in [1.29, 1.82) is 0 Å². The topological polar surface area (TPSA) is 66.9 Å². The Kier molecular flexibility index (Phi) is 5.94. The van der Waals surface area contributed by atoms with Crippen LogP contribution in [0.4, 0.5) is 0 Å². The molecule has 0 amide bonds. The minimum Gasteiger partial charge on any atom is -0.492 e. The van der Waals surface area contributed by atoms with E-state index in [1.165, 1.54) is 25.9 Å².